The number of oxazole rings is 1. The highest BCUT2D eigenvalue weighted by molar-refractivity contribution is 6.24. The standard InChI is InChI=1S/C46H28N6O/c1-4-15-29(16-5-1)43-48-44(30-17-6-2-7-18-30)50-46(49-43)52-37-24-13-11-22-33(37)35-28-27-34-32-21-10-12-23-36(32)51(41(34)42(35)52)38-25-14-26-39-40(38)47-45(53-39)31-19-8-3-9-20-31/h1-28H. The first-order valence-corrected chi connectivity index (χ1v) is 17.6. The first-order chi connectivity index (χ1) is 26.3. The molecule has 0 aliphatic carbocycles. The van der Waals surface area contributed by atoms with Gasteiger partial charge in [0.15, 0.2) is 17.2 Å². The Morgan fingerprint density at radius 2 is 0.887 bits per heavy atom. The van der Waals surface area contributed by atoms with Crippen molar-refractivity contribution in [1.82, 2.24) is 29.1 Å². The molecule has 7 heteroatoms. The maximum absolute atomic E-state index is 6.40. The molecule has 4 aromatic heterocycles. The van der Waals surface area contributed by atoms with Gasteiger partial charge in [-0.15, -0.1) is 0 Å². The zero-order valence-corrected chi connectivity index (χ0v) is 28.3. The van der Waals surface area contributed by atoms with Crippen LogP contribution in [0.3, 0.4) is 0 Å². The lowest BCUT2D eigenvalue weighted by atomic mass is 10.1. The molecule has 11 aromatic rings. The van der Waals surface area contributed by atoms with Crippen LogP contribution < -0.4 is 0 Å². The molecule has 0 radical (unpaired) electrons. The highest BCUT2D eigenvalue weighted by Gasteiger charge is 2.24. The van der Waals surface area contributed by atoms with E-state index >= 15 is 0 Å². The van der Waals surface area contributed by atoms with Crippen LogP contribution in [0, 0.1) is 0 Å². The van der Waals surface area contributed by atoms with E-state index in [1.165, 1.54) is 0 Å². The average molecular weight is 681 g/mol. The van der Waals surface area contributed by atoms with Crippen LogP contribution in [-0.2, 0) is 0 Å². The largest absolute Gasteiger partial charge is 0.436 e. The lowest BCUT2D eigenvalue weighted by molar-refractivity contribution is 0.620. The minimum atomic E-state index is 0.541. The Bertz CT molecular complexity index is 3100. The fraction of sp³-hybridized carbons (Fsp3) is 0. The van der Waals surface area contributed by atoms with E-state index in [0.29, 0.717) is 23.5 Å². The SMILES string of the molecule is c1ccc(-c2nc(-c3ccccc3)nc(-n3c4ccccc4c4ccc5c6ccccc6n(-c6cccc7oc(-c8ccccc8)nc67)c5c43)n2)cc1. The van der Waals surface area contributed by atoms with Gasteiger partial charge in [0.2, 0.25) is 11.8 Å². The summed E-state index contributed by atoms with van der Waals surface area (Å²) in [5, 5.41) is 4.45. The molecule has 0 spiro atoms. The van der Waals surface area contributed by atoms with Gasteiger partial charge in [-0.3, -0.25) is 4.57 Å². The molecule has 0 atom stereocenters. The van der Waals surface area contributed by atoms with Gasteiger partial charge in [0, 0.05) is 38.2 Å². The minimum absolute atomic E-state index is 0.541. The lowest BCUT2D eigenvalue weighted by Crippen LogP contribution is -2.07. The van der Waals surface area contributed by atoms with Crippen molar-refractivity contribution in [2.75, 3.05) is 0 Å². The van der Waals surface area contributed by atoms with Crippen LogP contribution in [0.25, 0.3) is 101 Å². The number of rotatable bonds is 5. The van der Waals surface area contributed by atoms with Gasteiger partial charge >= 0.3 is 0 Å². The van der Waals surface area contributed by atoms with Crippen molar-refractivity contribution in [2.45, 2.75) is 0 Å². The Hall–Kier alpha value is -7.38. The summed E-state index contributed by atoms with van der Waals surface area (Å²) in [7, 11) is 0. The quantitative estimate of drug-likeness (QED) is 0.181. The van der Waals surface area contributed by atoms with Gasteiger partial charge < -0.3 is 8.98 Å². The first-order valence-electron chi connectivity index (χ1n) is 17.6. The average Bonchev–Trinajstić information content (AvgIpc) is 3.92. The summed E-state index contributed by atoms with van der Waals surface area (Å²) in [6, 6.07) is 57.9. The number of aromatic nitrogens is 6. The van der Waals surface area contributed by atoms with Crippen molar-refractivity contribution in [3.8, 4) is 45.9 Å². The van der Waals surface area contributed by atoms with Crippen LogP contribution >= 0.6 is 0 Å². The number of benzene rings is 7. The monoisotopic (exact) mass is 680 g/mol. The van der Waals surface area contributed by atoms with E-state index in [1.807, 2.05) is 103 Å². The highest BCUT2D eigenvalue weighted by atomic mass is 16.3. The fourth-order valence-electron chi connectivity index (χ4n) is 7.67. The van der Waals surface area contributed by atoms with Crippen LogP contribution in [0.4, 0.5) is 0 Å². The van der Waals surface area contributed by atoms with E-state index < -0.39 is 0 Å². The Kier molecular flexibility index (Phi) is 6.42. The molecule has 0 amide bonds. The van der Waals surface area contributed by atoms with Crippen molar-refractivity contribution < 1.29 is 4.42 Å². The van der Waals surface area contributed by atoms with E-state index in [-0.39, 0.29) is 0 Å². The third-order valence-electron chi connectivity index (χ3n) is 10.0. The molecule has 7 nitrogen and oxygen atoms in total. The van der Waals surface area contributed by atoms with Crippen LogP contribution in [-0.4, -0.2) is 29.1 Å². The summed E-state index contributed by atoms with van der Waals surface area (Å²) in [5.41, 5.74) is 9.28. The first kappa shape index (κ1) is 29.4. The maximum atomic E-state index is 6.40. The second-order valence-electron chi connectivity index (χ2n) is 13.1. The normalized spacial score (nSPS) is 11.8. The molecule has 0 saturated carbocycles. The van der Waals surface area contributed by atoms with Gasteiger partial charge in [0.25, 0.3) is 0 Å². The smallest absolute Gasteiger partial charge is 0.238 e. The predicted molar refractivity (Wildman–Crippen MR) is 212 cm³/mol. The lowest BCUT2D eigenvalue weighted by Gasteiger charge is -2.13. The zero-order valence-electron chi connectivity index (χ0n) is 28.3. The molecule has 0 aliphatic heterocycles. The number of hydrogen-bond donors (Lipinski definition) is 0. The fourth-order valence-corrected chi connectivity index (χ4v) is 7.67. The molecule has 0 aliphatic rings. The Labute approximate surface area is 303 Å². The molecule has 4 heterocycles. The van der Waals surface area contributed by atoms with Crippen LogP contribution in [0.5, 0.6) is 0 Å². The molecule has 11 rings (SSSR count). The van der Waals surface area contributed by atoms with Crippen molar-refractivity contribution in [3.63, 3.8) is 0 Å². The molecule has 0 saturated heterocycles. The van der Waals surface area contributed by atoms with E-state index in [1.54, 1.807) is 0 Å². The number of fused-ring (bicyclic) bond motifs is 8. The Morgan fingerprint density at radius 3 is 1.49 bits per heavy atom. The summed E-state index contributed by atoms with van der Waals surface area (Å²) in [4.78, 5) is 20.6. The van der Waals surface area contributed by atoms with Crippen molar-refractivity contribution in [2.24, 2.45) is 0 Å². The van der Waals surface area contributed by atoms with Gasteiger partial charge in [-0.1, -0.05) is 133 Å². The van der Waals surface area contributed by atoms with Crippen molar-refractivity contribution in [3.05, 3.63) is 170 Å². The summed E-state index contributed by atoms with van der Waals surface area (Å²) >= 11 is 0. The van der Waals surface area contributed by atoms with Gasteiger partial charge in [0.05, 0.1) is 27.8 Å². The van der Waals surface area contributed by atoms with Crippen LogP contribution in [0.2, 0.25) is 0 Å². The van der Waals surface area contributed by atoms with Crippen LogP contribution in [0.1, 0.15) is 0 Å². The second kappa shape index (κ2) is 11.6. The third-order valence-corrected chi connectivity index (χ3v) is 10.0. The molecule has 7 aromatic carbocycles. The second-order valence-corrected chi connectivity index (χ2v) is 13.1. The third kappa shape index (κ3) is 4.54. The molecular weight excluding hydrogens is 653 g/mol. The number of para-hydroxylation sites is 3. The van der Waals surface area contributed by atoms with E-state index in [2.05, 4.69) is 75.9 Å². The van der Waals surface area contributed by atoms with E-state index in [4.69, 9.17) is 24.4 Å². The summed E-state index contributed by atoms with van der Waals surface area (Å²) < 4.78 is 10.9. The number of hydrogen-bond acceptors (Lipinski definition) is 5. The molecule has 248 valence electrons. The zero-order chi connectivity index (χ0) is 34.9. The van der Waals surface area contributed by atoms with E-state index in [9.17, 15) is 0 Å². The van der Waals surface area contributed by atoms with Crippen LogP contribution in [0.15, 0.2) is 174 Å². The number of nitrogens with zero attached hydrogens (tertiary/aromatic N) is 6. The van der Waals surface area contributed by atoms with Gasteiger partial charge in [-0.05, 0) is 36.4 Å². The minimum Gasteiger partial charge on any atom is -0.436 e. The molecule has 0 unspecified atom stereocenters. The molecule has 0 N–H and O–H groups in total. The molecular formula is C46H28N6O. The Morgan fingerprint density at radius 1 is 0.377 bits per heavy atom. The molecule has 0 bridgehead atoms. The molecule has 53 heavy (non-hydrogen) atoms. The topological polar surface area (TPSA) is 74.6 Å². The van der Waals surface area contributed by atoms with Gasteiger partial charge in [-0.25, -0.2) is 9.97 Å². The predicted octanol–water partition coefficient (Wildman–Crippen LogP) is 11.2. The summed E-state index contributed by atoms with van der Waals surface area (Å²) in [5.74, 6) is 2.34. The summed E-state index contributed by atoms with van der Waals surface area (Å²) in [6.07, 6.45) is 0. The van der Waals surface area contributed by atoms with Crippen molar-refractivity contribution >= 4 is 54.7 Å². The van der Waals surface area contributed by atoms with Crippen molar-refractivity contribution in [1.29, 1.82) is 0 Å². The highest BCUT2D eigenvalue weighted by Crippen LogP contribution is 2.42. The summed E-state index contributed by atoms with van der Waals surface area (Å²) in [6.45, 7) is 0. The Balaban J connectivity index is 1.29. The maximum Gasteiger partial charge on any atom is 0.238 e. The van der Waals surface area contributed by atoms with Gasteiger partial charge in [-0.2, -0.15) is 9.97 Å². The van der Waals surface area contributed by atoms with E-state index in [0.717, 1.165) is 77.1 Å². The van der Waals surface area contributed by atoms with Gasteiger partial charge in [0.1, 0.15) is 5.52 Å². The molecule has 0 fully saturated rings.